The first-order valence-electron chi connectivity index (χ1n) is 12.0. The van der Waals surface area contributed by atoms with Crippen LogP contribution in [-0.2, 0) is 24.4 Å². The molecule has 4 aromatic heterocycles. The summed E-state index contributed by atoms with van der Waals surface area (Å²) in [5.74, 6) is -0.327. The zero-order chi connectivity index (χ0) is 26.2. The second-order valence-corrected chi connectivity index (χ2v) is 8.81. The van der Waals surface area contributed by atoms with Gasteiger partial charge in [-0.1, -0.05) is 24.3 Å². The molecule has 0 atom stereocenters. The van der Waals surface area contributed by atoms with Crippen molar-refractivity contribution in [3.8, 4) is 22.8 Å². The van der Waals surface area contributed by atoms with Crippen molar-refractivity contribution in [3.05, 3.63) is 83.8 Å². The average Bonchev–Trinajstić information content (AvgIpc) is 3.63. The number of pyridine rings is 2. The van der Waals surface area contributed by atoms with Gasteiger partial charge in [-0.2, -0.15) is 9.78 Å². The van der Waals surface area contributed by atoms with Gasteiger partial charge in [0, 0.05) is 31.0 Å². The summed E-state index contributed by atoms with van der Waals surface area (Å²) in [6.45, 7) is 0.386. The summed E-state index contributed by atoms with van der Waals surface area (Å²) < 4.78 is 6.84. The molecular formula is C27H23N7O4. The van der Waals surface area contributed by atoms with Gasteiger partial charge in [-0.25, -0.2) is 9.97 Å². The van der Waals surface area contributed by atoms with Gasteiger partial charge < -0.3 is 19.7 Å². The van der Waals surface area contributed by atoms with Crippen molar-refractivity contribution in [2.75, 3.05) is 13.7 Å². The number of aliphatic hydroxyl groups excluding tert-OH is 1. The lowest BCUT2D eigenvalue weighted by molar-refractivity contribution is -0.127. The van der Waals surface area contributed by atoms with Gasteiger partial charge in [0.15, 0.2) is 11.6 Å². The molecule has 11 nitrogen and oxygen atoms in total. The van der Waals surface area contributed by atoms with E-state index in [9.17, 15) is 14.7 Å². The number of carbonyl (C=O) groups excluding carboxylic acids is 2. The van der Waals surface area contributed by atoms with Crippen LogP contribution in [0.15, 0.2) is 61.3 Å². The summed E-state index contributed by atoms with van der Waals surface area (Å²) in [6, 6.07) is 11.7. The van der Waals surface area contributed by atoms with E-state index in [0.717, 1.165) is 22.4 Å². The highest BCUT2D eigenvalue weighted by molar-refractivity contribution is 6.45. The first kappa shape index (κ1) is 23.5. The van der Waals surface area contributed by atoms with Crippen LogP contribution >= 0.6 is 0 Å². The normalized spacial score (nSPS) is 12.9. The lowest BCUT2D eigenvalue weighted by Gasteiger charge is -2.29. The predicted octanol–water partition coefficient (Wildman–Crippen LogP) is 2.47. The van der Waals surface area contributed by atoms with Crippen molar-refractivity contribution < 1.29 is 19.4 Å². The summed E-state index contributed by atoms with van der Waals surface area (Å²) in [5, 5.41) is 14.2. The molecule has 0 saturated carbocycles. The molecule has 38 heavy (non-hydrogen) atoms. The number of hydrogen-bond donors (Lipinski definition) is 2. The second-order valence-electron chi connectivity index (χ2n) is 8.81. The molecule has 0 radical (unpaired) electrons. The maximum atomic E-state index is 13.5. The topological polar surface area (TPSA) is 139 Å². The van der Waals surface area contributed by atoms with Crippen molar-refractivity contribution in [2.24, 2.45) is 0 Å². The number of fused-ring (bicyclic) bond motifs is 2. The Balaban J connectivity index is 1.33. The van der Waals surface area contributed by atoms with E-state index >= 15 is 0 Å². The quantitative estimate of drug-likeness (QED) is 0.263. The maximum absolute atomic E-state index is 13.5. The number of aromatic nitrogens is 6. The highest BCUT2D eigenvalue weighted by atomic mass is 16.5. The number of nitrogens with one attached hydrogen (secondary N) is 1. The van der Waals surface area contributed by atoms with Gasteiger partial charge in [0.1, 0.15) is 18.7 Å². The molecular weight excluding hydrogens is 486 g/mol. The predicted molar refractivity (Wildman–Crippen MR) is 137 cm³/mol. The average molecular weight is 510 g/mol. The number of aromatic amines is 1. The van der Waals surface area contributed by atoms with Crippen molar-refractivity contribution in [1.82, 2.24) is 34.6 Å². The highest BCUT2D eigenvalue weighted by Crippen LogP contribution is 2.33. The first-order chi connectivity index (χ1) is 18.6. The third kappa shape index (κ3) is 3.80. The van der Waals surface area contributed by atoms with Crippen LogP contribution in [-0.4, -0.2) is 65.1 Å². The largest absolute Gasteiger partial charge is 0.494 e. The number of amides is 1. The Morgan fingerprint density at radius 3 is 2.82 bits per heavy atom. The molecule has 2 N–H and O–H groups in total. The smallest absolute Gasteiger partial charge is 0.295 e. The lowest BCUT2D eigenvalue weighted by atomic mass is 9.92. The van der Waals surface area contributed by atoms with E-state index in [1.54, 1.807) is 11.1 Å². The fourth-order valence-electron chi connectivity index (χ4n) is 4.95. The number of H-pyrrole nitrogens is 1. The number of hydrogen-bond acceptors (Lipinski definition) is 8. The highest BCUT2D eigenvalue weighted by Gasteiger charge is 2.31. The minimum Gasteiger partial charge on any atom is -0.494 e. The number of aliphatic hydroxyl groups is 1. The number of nitrogens with zero attached hydrogens (tertiary/aromatic N) is 6. The van der Waals surface area contributed by atoms with E-state index in [-0.39, 0.29) is 18.0 Å². The van der Waals surface area contributed by atoms with Crippen molar-refractivity contribution in [2.45, 2.75) is 19.6 Å². The Labute approximate surface area is 216 Å². The molecule has 6 rings (SSSR count). The van der Waals surface area contributed by atoms with Crippen molar-refractivity contribution in [1.29, 1.82) is 0 Å². The van der Waals surface area contributed by atoms with E-state index in [1.165, 1.54) is 30.5 Å². The molecule has 0 spiro atoms. The van der Waals surface area contributed by atoms with Gasteiger partial charge in [0.25, 0.3) is 11.7 Å². The number of methoxy groups -OCH3 is 1. The minimum absolute atomic E-state index is 0.171. The van der Waals surface area contributed by atoms with Crippen molar-refractivity contribution in [3.63, 3.8) is 0 Å². The molecule has 11 heteroatoms. The molecule has 0 saturated heterocycles. The molecule has 1 aromatic carbocycles. The van der Waals surface area contributed by atoms with Gasteiger partial charge in [-0.05, 0) is 29.7 Å². The molecule has 5 heterocycles. The summed E-state index contributed by atoms with van der Waals surface area (Å²) in [7, 11) is 1.47. The summed E-state index contributed by atoms with van der Waals surface area (Å²) in [5.41, 5.74) is 4.66. The fourth-order valence-corrected chi connectivity index (χ4v) is 4.95. The number of carbonyl (C=O) groups is 2. The third-order valence-electron chi connectivity index (χ3n) is 6.77. The van der Waals surface area contributed by atoms with Gasteiger partial charge in [0.2, 0.25) is 0 Å². The molecule has 1 amide bonds. The minimum atomic E-state index is -0.656. The Hall–Kier alpha value is -4.90. The van der Waals surface area contributed by atoms with Gasteiger partial charge in [-0.15, -0.1) is 0 Å². The molecule has 1 aliphatic rings. The standard InChI is InChI=1S/C27H23N7O4/c1-38-21-12-30-26(34-22(14-35)31-15-32-34)24-23(21)19(11-29-24)25(36)27(37)33-10-8-17-16(13-33)5-4-6-18(17)20-7-2-3-9-28-20/h2-7,9,11-12,15,29,35H,8,10,13-14H2,1H3. The van der Waals surface area contributed by atoms with E-state index in [2.05, 4.69) is 25.0 Å². The number of ether oxygens (including phenoxy) is 1. The van der Waals surface area contributed by atoms with Crippen LogP contribution in [0.1, 0.15) is 27.3 Å². The third-order valence-corrected chi connectivity index (χ3v) is 6.77. The monoisotopic (exact) mass is 509 g/mol. The number of Topliss-reactive ketones (excluding diaryl/α,β-unsaturated/α-hetero) is 1. The van der Waals surface area contributed by atoms with Crippen molar-refractivity contribution >= 4 is 22.6 Å². The lowest BCUT2D eigenvalue weighted by Crippen LogP contribution is -2.40. The van der Waals surface area contributed by atoms with Crippen LogP contribution in [0.25, 0.3) is 28.0 Å². The molecule has 0 bridgehead atoms. The van der Waals surface area contributed by atoms with Crippen LogP contribution in [0.5, 0.6) is 5.75 Å². The molecule has 0 fully saturated rings. The Morgan fingerprint density at radius 2 is 2.03 bits per heavy atom. The van der Waals surface area contributed by atoms with E-state index in [1.807, 2.05) is 36.4 Å². The first-order valence-corrected chi connectivity index (χ1v) is 12.0. The van der Waals surface area contributed by atoms with Gasteiger partial charge in [-0.3, -0.25) is 14.6 Å². The molecule has 1 aliphatic heterocycles. The van der Waals surface area contributed by atoms with Gasteiger partial charge in [0.05, 0.1) is 35.5 Å². The van der Waals surface area contributed by atoms with E-state index in [0.29, 0.717) is 42.0 Å². The molecule has 190 valence electrons. The van der Waals surface area contributed by atoms with Crippen LogP contribution in [0.3, 0.4) is 0 Å². The SMILES string of the molecule is COc1cnc(-n2ncnc2CO)c2[nH]cc(C(=O)C(=O)N3CCc4c(cccc4-c4ccccn4)C3)c12. The van der Waals surface area contributed by atoms with Crippen LogP contribution in [0.2, 0.25) is 0 Å². The van der Waals surface area contributed by atoms with E-state index in [4.69, 9.17) is 4.74 Å². The van der Waals surface area contributed by atoms with Crippen LogP contribution < -0.4 is 4.74 Å². The maximum Gasteiger partial charge on any atom is 0.295 e. The summed E-state index contributed by atoms with van der Waals surface area (Å²) >= 11 is 0. The molecule has 0 aliphatic carbocycles. The number of ketones is 1. The second kappa shape index (κ2) is 9.52. The van der Waals surface area contributed by atoms with Crippen LogP contribution in [0, 0.1) is 0 Å². The van der Waals surface area contributed by atoms with Crippen LogP contribution in [0.4, 0.5) is 0 Å². The summed E-state index contributed by atoms with van der Waals surface area (Å²) in [6.07, 6.45) is 6.60. The zero-order valence-electron chi connectivity index (χ0n) is 20.5. The Morgan fingerprint density at radius 1 is 1.13 bits per heavy atom. The fraction of sp³-hybridized carbons (Fsp3) is 0.185. The number of benzene rings is 1. The zero-order valence-corrected chi connectivity index (χ0v) is 20.5. The summed E-state index contributed by atoms with van der Waals surface area (Å²) in [4.78, 5) is 44.5. The van der Waals surface area contributed by atoms with E-state index < -0.39 is 11.7 Å². The molecule has 5 aromatic rings. The Kier molecular flexibility index (Phi) is 5.89. The van der Waals surface area contributed by atoms with Gasteiger partial charge >= 0.3 is 0 Å². The Bertz CT molecular complexity index is 1680. The molecule has 0 unspecified atom stereocenters. The number of rotatable bonds is 6.